The fourth-order valence-electron chi connectivity index (χ4n) is 1.33. The maximum Gasteiger partial charge on any atom is 0.352 e. The maximum atomic E-state index is 11.4. The highest BCUT2D eigenvalue weighted by Gasteiger charge is 2.20. The average Bonchev–Trinajstić information content (AvgIpc) is 2.32. The average molecular weight is 219 g/mol. The number of hydrazine groups is 1. The van der Waals surface area contributed by atoms with Crippen LogP contribution in [0.5, 0.6) is 0 Å². The van der Waals surface area contributed by atoms with Crippen LogP contribution in [0.4, 0.5) is 4.79 Å². The van der Waals surface area contributed by atoms with Gasteiger partial charge in [-0.2, -0.15) is 5.10 Å². The molecule has 2 heterocycles. The molecule has 84 valence electrons. The van der Waals surface area contributed by atoms with Crippen molar-refractivity contribution in [3.05, 3.63) is 30.1 Å². The van der Waals surface area contributed by atoms with E-state index in [9.17, 15) is 4.79 Å². The Bertz CT molecular complexity index is 391. The van der Waals surface area contributed by atoms with Gasteiger partial charge >= 0.3 is 6.03 Å². The summed E-state index contributed by atoms with van der Waals surface area (Å²) in [5, 5.41) is 5.48. The second-order valence-corrected chi connectivity index (χ2v) is 3.59. The topological polar surface area (TPSA) is 69.6 Å². The third-order valence-corrected chi connectivity index (χ3v) is 2.14. The lowest BCUT2D eigenvalue weighted by molar-refractivity contribution is 0.167. The third-order valence-electron chi connectivity index (χ3n) is 2.14. The first-order valence-electron chi connectivity index (χ1n) is 5.03. The highest BCUT2D eigenvalue weighted by molar-refractivity contribution is 5.81. The summed E-state index contributed by atoms with van der Waals surface area (Å²) in [6.07, 6.45) is 4.99. The van der Waals surface area contributed by atoms with Gasteiger partial charge in [0.15, 0.2) is 0 Å². The number of pyridine rings is 1. The van der Waals surface area contributed by atoms with Gasteiger partial charge in [-0.25, -0.2) is 15.2 Å². The minimum atomic E-state index is -0.252. The number of rotatable bonds is 2. The van der Waals surface area contributed by atoms with Gasteiger partial charge in [0.05, 0.1) is 12.8 Å². The van der Waals surface area contributed by atoms with E-state index < -0.39 is 0 Å². The molecule has 6 heteroatoms. The van der Waals surface area contributed by atoms with E-state index in [1.807, 2.05) is 19.1 Å². The molecule has 1 aliphatic rings. The van der Waals surface area contributed by atoms with Gasteiger partial charge in [-0.15, -0.1) is 0 Å². The van der Waals surface area contributed by atoms with Crippen LogP contribution in [-0.2, 0) is 0 Å². The van der Waals surface area contributed by atoms with Crippen LogP contribution in [0.1, 0.15) is 12.5 Å². The molecule has 1 aromatic heterocycles. The van der Waals surface area contributed by atoms with Crippen molar-refractivity contribution in [2.75, 3.05) is 6.54 Å². The van der Waals surface area contributed by atoms with Gasteiger partial charge < -0.3 is 0 Å². The van der Waals surface area contributed by atoms with Crippen molar-refractivity contribution >= 4 is 12.2 Å². The number of hydrogen-bond donors (Lipinski definition) is 2. The summed E-state index contributed by atoms with van der Waals surface area (Å²) >= 11 is 0. The van der Waals surface area contributed by atoms with Gasteiger partial charge in [-0.05, 0) is 13.0 Å². The number of hydrogen-bond acceptors (Lipinski definition) is 4. The summed E-state index contributed by atoms with van der Waals surface area (Å²) < 4.78 is 0. The largest absolute Gasteiger partial charge is 0.352 e. The molecule has 2 N–H and O–H groups in total. The van der Waals surface area contributed by atoms with Crippen LogP contribution in [0.3, 0.4) is 0 Å². The lowest BCUT2D eigenvalue weighted by Gasteiger charge is -2.28. The van der Waals surface area contributed by atoms with E-state index in [2.05, 4.69) is 20.9 Å². The van der Waals surface area contributed by atoms with E-state index in [0.29, 0.717) is 6.54 Å². The van der Waals surface area contributed by atoms with E-state index in [1.165, 1.54) is 5.01 Å². The Morgan fingerprint density at radius 3 is 3.31 bits per heavy atom. The standard InChI is InChI=1S/C10H13N5O/c1-8-7-15(10(16)14-13-8)12-6-9-3-2-4-11-5-9/h2-6,8,13H,7H2,1H3,(H,14,16)/b12-6+. The highest BCUT2D eigenvalue weighted by atomic mass is 16.2. The monoisotopic (exact) mass is 219 g/mol. The molecule has 0 bridgehead atoms. The molecule has 1 unspecified atom stereocenters. The summed E-state index contributed by atoms with van der Waals surface area (Å²) in [4.78, 5) is 15.3. The van der Waals surface area contributed by atoms with Crippen LogP contribution in [0.25, 0.3) is 0 Å². The van der Waals surface area contributed by atoms with Crippen molar-refractivity contribution < 1.29 is 4.79 Å². The molecule has 1 atom stereocenters. The minimum Gasteiger partial charge on any atom is -0.271 e. The molecule has 0 saturated carbocycles. The van der Waals surface area contributed by atoms with Crippen molar-refractivity contribution in [3.8, 4) is 0 Å². The fraction of sp³-hybridized carbons (Fsp3) is 0.300. The Kier molecular flexibility index (Phi) is 3.11. The predicted octanol–water partition coefficient (Wildman–Crippen LogP) is 0.334. The normalized spacial score (nSPS) is 21.2. The van der Waals surface area contributed by atoms with Crippen LogP contribution >= 0.6 is 0 Å². The summed E-state index contributed by atoms with van der Waals surface area (Å²) in [5.74, 6) is 0. The predicted molar refractivity (Wildman–Crippen MR) is 59.7 cm³/mol. The lowest BCUT2D eigenvalue weighted by atomic mass is 10.3. The van der Waals surface area contributed by atoms with Crippen molar-refractivity contribution in [1.29, 1.82) is 0 Å². The molecular formula is C10H13N5O. The zero-order valence-electron chi connectivity index (χ0n) is 8.92. The number of aromatic nitrogens is 1. The molecule has 1 saturated heterocycles. The second-order valence-electron chi connectivity index (χ2n) is 3.59. The zero-order valence-corrected chi connectivity index (χ0v) is 8.92. The fourth-order valence-corrected chi connectivity index (χ4v) is 1.33. The summed E-state index contributed by atoms with van der Waals surface area (Å²) in [5.41, 5.74) is 6.22. The Hall–Kier alpha value is -1.95. The van der Waals surface area contributed by atoms with Gasteiger partial charge in [-0.3, -0.25) is 10.4 Å². The smallest absolute Gasteiger partial charge is 0.271 e. The number of nitrogens with zero attached hydrogens (tertiary/aromatic N) is 3. The first kappa shape index (κ1) is 10.6. The SMILES string of the molecule is CC1CN(/N=C/c2cccnc2)C(=O)NN1. The van der Waals surface area contributed by atoms with E-state index in [4.69, 9.17) is 0 Å². The van der Waals surface area contributed by atoms with Gasteiger partial charge in [0.2, 0.25) is 0 Å². The first-order chi connectivity index (χ1) is 7.75. The second kappa shape index (κ2) is 4.71. The van der Waals surface area contributed by atoms with Gasteiger partial charge in [-0.1, -0.05) is 6.07 Å². The molecule has 0 aromatic carbocycles. The molecule has 2 amide bonds. The van der Waals surface area contributed by atoms with E-state index in [1.54, 1.807) is 18.6 Å². The number of carbonyl (C=O) groups is 1. The molecule has 6 nitrogen and oxygen atoms in total. The zero-order chi connectivity index (χ0) is 11.4. The van der Waals surface area contributed by atoms with E-state index in [-0.39, 0.29) is 12.1 Å². The molecule has 1 aromatic rings. The van der Waals surface area contributed by atoms with Crippen molar-refractivity contribution in [2.24, 2.45) is 5.10 Å². The summed E-state index contributed by atoms with van der Waals surface area (Å²) in [6.45, 7) is 2.51. The Morgan fingerprint density at radius 2 is 2.56 bits per heavy atom. The molecule has 0 aliphatic carbocycles. The Balaban J connectivity index is 2.03. The maximum absolute atomic E-state index is 11.4. The molecular weight excluding hydrogens is 206 g/mol. The van der Waals surface area contributed by atoms with Crippen LogP contribution < -0.4 is 10.9 Å². The molecule has 1 fully saturated rings. The number of nitrogens with one attached hydrogen (secondary N) is 2. The van der Waals surface area contributed by atoms with E-state index in [0.717, 1.165) is 5.56 Å². The number of amides is 2. The summed E-state index contributed by atoms with van der Waals surface area (Å²) in [6, 6.07) is 3.61. The van der Waals surface area contributed by atoms with Crippen LogP contribution in [-0.4, -0.2) is 34.8 Å². The number of carbonyl (C=O) groups excluding carboxylic acids is 1. The lowest BCUT2D eigenvalue weighted by Crippen LogP contribution is -2.58. The van der Waals surface area contributed by atoms with E-state index >= 15 is 0 Å². The highest BCUT2D eigenvalue weighted by Crippen LogP contribution is 1.99. The molecule has 2 rings (SSSR count). The Morgan fingerprint density at radius 1 is 1.69 bits per heavy atom. The molecule has 16 heavy (non-hydrogen) atoms. The van der Waals surface area contributed by atoms with Crippen LogP contribution in [0, 0.1) is 0 Å². The molecule has 0 radical (unpaired) electrons. The van der Waals surface area contributed by atoms with Gasteiger partial charge in [0, 0.05) is 24.0 Å². The summed E-state index contributed by atoms with van der Waals surface area (Å²) in [7, 11) is 0. The van der Waals surface area contributed by atoms with Crippen molar-refractivity contribution in [2.45, 2.75) is 13.0 Å². The van der Waals surface area contributed by atoms with Crippen molar-refractivity contribution in [1.82, 2.24) is 20.8 Å². The number of urea groups is 1. The van der Waals surface area contributed by atoms with Crippen LogP contribution in [0.15, 0.2) is 29.6 Å². The molecule has 1 aliphatic heterocycles. The molecule has 0 spiro atoms. The van der Waals surface area contributed by atoms with Gasteiger partial charge in [0.25, 0.3) is 0 Å². The van der Waals surface area contributed by atoms with Gasteiger partial charge in [0.1, 0.15) is 0 Å². The first-order valence-corrected chi connectivity index (χ1v) is 5.03. The van der Waals surface area contributed by atoms with Crippen LogP contribution in [0.2, 0.25) is 0 Å². The third kappa shape index (κ3) is 2.54. The Labute approximate surface area is 93.3 Å². The quantitative estimate of drug-likeness (QED) is 0.704. The number of hydrazone groups is 1. The minimum absolute atomic E-state index is 0.170. The van der Waals surface area contributed by atoms with Crippen molar-refractivity contribution in [3.63, 3.8) is 0 Å².